The minimum absolute atomic E-state index is 0.0358. The van der Waals surface area contributed by atoms with Crippen LogP contribution < -0.4 is 10.2 Å². The van der Waals surface area contributed by atoms with Crippen molar-refractivity contribution in [1.82, 2.24) is 5.43 Å². The number of furan rings is 1. The summed E-state index contributed by atoms with van der Waals surface area (Å²) in [5, 5.41) is 5.08. The molecule has 196 valence electrons. The maximum atomic E-state index is 13.6. The van der Waals surface area contributed by atoms with Gasteiger partial charge < -0.3 is 9.15 Å². The van der Waals surface area contributed by atoms with Crippen LogP contribution in [0.1, 0.15) is 40.3 Å². The van der Waals surface area contributed by atoms with E-state index in [9.17, 15) is 40.3 Å². The molecule has 6 nitrogen and oxygen atoms in total. The zero-order chi connectivity index (χ0) is 27.2. The minimum atomic E-state index is -6.67. The van der Waals surface area contributed by atoms with Gasteiger partial charge in [-0.2, -0.15) is 35.8 Å². The Bertz CT molecular complexity index is 1410. The topological polar surface area (TPSA) is 80.9 Å². The largest absolute Gasteiger partial charge is 0.460 e. The molecular weight excluding hydrogens is 513 g/mol. The highest BCUT2D eigenvalue weighted by Gasteiger charge is 2.76. The number of benzene rings is 2. The summed E-state index contributed by atoms with van der Waals surface area (Å²) in [4.78, 5) is 24.3. The fourth-order valence-electron chi connectivity index (χ4n) is 3.87. The van der Waals surface area contributed by atoms with Crippen molar-refractivity contribution in [1.29, 1.82) is 0 Å². The molecule has 1 heterocycles. The Kier molecular flexibility index (Phi) is 6.51. The number of alkyl halides is 7. The highest BCUT2D eigenvalue weighted by atomic mass is 19.4. The van der Waals surface area contributed by atoms with Crippen LogP contribution in [0.5, 0.6) is 5.75 Å². The van der Waals surface area contributed by atoms with Crippen LogP contribution in [0.4, 0.5) is 30.7 Å². The van der Waals surface area contributed by atoms with Crippen LogP contribution in [0.25, 0.3) is 10.8 Å². The number of ether oxygens (including phenoxy) is 1. The van der Waals surface area contributed by atoms with E-state index in [1.807, 2.05) is 18.2 Å². The summed E-state index contributed by atoms with van der Waals surface area (Å²) >= 11 is 0. The van der Waals surface area contributed by atoms with Crippen molar-refractivity contribution >= 4 is 28.4 Å². The van der Waals surface area contributed by atoms with Crippen molar-refractivity contribution in [2.75, 3.05) is 0 Å². The third-order valence-electron chi connectivity index (χ3n) is 5.77. The first kappa shape index (κ1) is 26.2. The molecule has 1 aromatic heterocycles. The van der Waals surface area contributed by atoms with E-state index < -0.39 is 29.9 Å². The second-order valence-electron chi connectivity index (χ2n) is 8.25. The van der Waals surface area contributed by atoms with Crippen LogP contribution >= 0.6 is 0 Å². The zero-order valence-corrected chi connectivity index (χ0v) is 18.9. The van der Waals surface area contributed by atoms with E-state index in [1.165, 1.54) is 6.92 Å². The summed E-state index contributed by atoms with van der Waals surface area (Å²) in [5.74, 6) is -16.4. The Hall–Kier alpha value is -3.90. The molecule has 0 unspecified atom stereocenters. The van der Waals surface area contributed by atoms with Crippen molar-refractivity contribution in [3.05, 3.63) is 65.1 Å². The molecule has 2 aromatic carbocycles. The number of halogens is 7. The molecule has 13 heteroatoms. The number of carbonyl (C=O) groups excluding carboxylic acids is 2. The van der Waals surface area contributed by atoms with Crippen molar-refractivity contribution < 1.29 is 49.5 Å². The Morgan fingerprint density at radius 3 is 2.32 bits per heavy atom. The number of rotatable bonds is 5. The number of hydrazone groups is 1. The second-order valence-corrected chi connectivity index (χ2v) is 8.25. The fourth-order valence-corrected chi connectivity index (χ4v) is 3.87. The van der Waals surface area contributed by atoms with Crippen LogP contribution in [0.15, 0.2) is 52.0 Å². The van der Waals surface area contributed by atoms with Gasteiger partial charge in [-0.15, -0.1) is 0 Å². The maximum Gasteiger partial charge on any atom is 0.460 e. The average Bonchev–Trinajstić information content (AvgIpc) is 3.18. The van der Waals surface area contributed by atoms with Crippen LogP contribution in [-0.4, -0.2) is 35.6 Å². The van der Waals surface area contributed by atoms with Gasteiger partial charge in [-0.3, -0.25) is 4.79 Å². The van der Waals surface area contributed by atoms with Gasteiger partial charge in [0.25, 0.3) is 0 Å². The van der Waals surface area contributed by atoms with E-state index in [0.29, 0.717) is 6.42 Å². The van der Waals surface area contributed by atoms with Crippen LogP contribution in [0.2, 0.25) is 0 Å². The molecule has 4 rings (SSSR count). The average molecular weight is 530 g/mol. The van der Waals surface area contributed by atoms with E-state index in [1.54, 1.807) is 24.3 Å². The van der Waals surface area contributed by atoms with Gasteiger partial charge in [-0.05, 0) is 42.7 Å². The van der Waals surface area contributed by atoms with Gasteiger partial charge in [-0.25, -0.2) is 10.2 Å². The zero-order valence-electron chi connectivity index (χ0n) is 18.9. The third-order valence-corrected chi connectivity index (χ3v) is 5.77. The smallest absolute Gasteiger partial charge is 0.453 e. The molecule has 1 amide bonds. The molecule has 0 spiro atoms. The van der Waals surface area contributed by atoms with Crippen molar-refractivity contribution in [2.24, 2.45) is 5.10 Å². The predicted octanol–water partition coefficient (Wildman–Crippen LogP) is 5.95. The number of esters is 1. The first-order valence-corrected chi connectivity index (χ1v) is 10.8. The normalized spacial score (nSPS) is 15.5. The Morgan fingerprint density at radius 2 is 1.65 bits per heavy atom. The number of hydrogen-bond donors (Lipinski definition) is 1. The van der Waals surface area contributed by atoms with Crippen LogP contribution in [0.3, 0.4) is 0 Å². The Balaban J connectivity index is 1.57. The van der Waals surface area contributed by atoms with E-state index >= 15 is 0 Å². The molecule has 1 aliphatic carbocycles. The van der Waals surface area contributed by atoms with E-state index in [4.69, 9.17) is 9.15 Å². The molecular formula is C24H17F7N2O4. The summed E-state index contributed by atoms with van der Waals surface area (Å²) in [7, 11) is 0. The van der Waals surface area contributed by atoms with Gasteiger partial charge in [0, 0.05) is 17.5 Å². The lowest BCUT2D eigenvalue weighted by atomic mass is 9.93. The van der Waals surface area contributed by atoms with Crippen molar-refractivity contribution in [3.63, 3.8) is 0 Å². The molecule has 0 aliphatic heterocycles. The highest BCUT2D eigenvalue weighted by Crippen LogP contribution is 2.46. The number of hydrogen-bond acceptors (Lipinski definition) is 5. The van der Waals surface area contributed by atoms with E-state index in [0.717, 1.165) is 16.2 Å². The summed E-state index contributed by atoms with van der Waals surface area (Å²) in [6, 6.07) is 12.3. The standard InChI is InChI=1S/C24H17F7N2O4/c1-12-18-16(32-33-21(35)22(25,26)23(27,28)24(29,30)31)7-4-8-17(18)37-19(12)20(34)36-15-10-9-13-5-2-3-6-14(13)11-15/h2-3,5-6,9-11H,4,7-8H2,1H3,(H,33,35)/b32-16+. The SMILES string of the molecule is Cc1c(C(=O)Oc2ccc3ccccc3c2)oc2c1/C(=N/NC(=O)C(F)(F)C(F)(F)C(F)(F)F)CCC2. The second kappa shape index (κ2) is 9.20. The highest BCUT2D eigenvalue weighted by molar-refractivity contribution is 6.06. The third kappa shape index (κ3) is 4.65. The van der Waals surface area contributed by atoms with Crippen molar-refractivity contribution in [3.8, 4) is 5.75 Å². The van der Waals surface area contributed by atoms with Crippen LogP contribution in [0, 0.1) is 6.92 Å². The number of carbonyl (C=O) groups is 2. The number of nitrogens with one attached hydrogen (secondary N) is 1. The van der Waals surface area contributed by atoms with Gasteiger partial charge in [0.15, 0.2) is 0 Å². The summed E-state index contributed by atoms with van der Waals surface area (Å²) in [6.07, 6.45) is -6.04. The van der Waals surface area contributed by atoms with E-state index in [2.05, 4.69) is 5.10 Å². The fraction of sp³-hybridized carbons (Fsp3) is 0.292. The summed E-state index contributed by atoms with van der Waals surface area (Å²) in [5.41, 5.74) is 1.27. The lowest BCUT2D eigenvalue weighted by Crippen LogP contribution is -2.58. The Morgan fingerprint density at radius 1 is 0.973 bits per heavy atom. The minimum Gasteiger partial charge on any atom is -0.453 e. The molecule has 0 saturated heterocycles. The monoisotopic (exact) mass is 530 g/mol. The van der Waals surface area contributed by atoms with Gasteiger partial charge in [0.2, 0.25) is 5.76 Å². The molecule has 0 bridgehead atoms. The number of nitrogens with zero attached hydrogens (tertiary/aromatic N) is 1. The molecule has 1 aliphatic rings. The molecule has 1 N–H and O–H groups in total. The molecule has 0 fully saturated rings. The Labute approximate surface area is 204 Å². The molecule has 0 atom stereocenters. The lowest BCUT2D eigenvalue weighted by Gasteiger charge is -2.26. The molecule has 3 aromatic rings. The number of aryl methyl sites for hydroxylation is 1. The van der Waals surface area contributed by atoms with Gasteiger partial charge in [0.1, 0.15) is 11.5 Å². The van der Waals surface area contributed by atoms with Crippen LogP contribution in [-0.2, 0) is 11.2 Å². The van der Waals surface area contributed by atoms with Gasteiger partial charge in [0.05, 0.1) is 5.71 Å². The molecule has 0 saturated carbocycles. The van der Waals surface area contributed by atoms with Crippen molar-refractivity contribution in [2.45, 2.75) is 44.2 Å². The number of fused-ring (bicyclic) bond motifs is 2. The maximum absolute atomic E-state index is 13.6. The van der Waals surface area contributed by atoms with Gasteiger partial charge in [-0.1, -0.05) is 30.3 Å². The molecule has 37 heavy (non-hydrogen) atoms. The lowest BCUT2D eigenvalue weighted by molar-refractivity contribution is -0.344. The van der Waals surface area contributed by atoms with E-state index in [-0.39, 0.29) is 47.0 Å². The summed E-state index contributed by atoms with van der Waals surface area (Å²) in [6.45, 7) is 1.42. The quantitative estimate of drug-likeness (QED) is 0.191. The first-order chi connectivity index (χ1) is 17.2. The first-order valence-electron chi connectivity index (χ1n) is 10.8. The summed E-state index contributed by atoms with van der Waals surface area (Å²) < 4.78 is 101. The van der Waals surface area contributed by atoms with Gasteiger partial charge >= 0.3 is 29.9 Å². The molecule has 0 radical (unpaired) electrons. The number of amides is 1. The predicted molar refractivity (Wildman–Crippen MR) is 116 cm³/mol.